The Labute approximate surface area is 311 Å². The minimum absolute atomic E-state index is 0.196. The van der Waals surface area contributed by atoms with E-state index in [1.165, 1.54) is 103 Å². The van der Waals surface area contributed by atoms with Gasteiger partial charge in [0.15, 0.2) is 6.29 Å². The lowest BCUT2D eigenvalue weighted by Gasteiger charge is -2.40. The molecule has 1 amide bonds. The van der Waals surface area contributed by atoms with Crippen molar-refractivity contribution in [2.75, 3.05) is 13.2 Å². The van der Waals surface area contributed by atoms with Crippen LogP contribution < -0.4 is 5.32 Å². The van der Waals surface area contributed by atoms with Gasteiger partial charge in [0.1, 0.15) is 24.4 Å². The van der Waals surface area contributed by atoms with Crippen molar-refractivity contribution in [3.05, 3.63) is 36.5 Å². The van der Waals surface area contributed by atoms with Crippen LogP contribution in [0.2, 0.25) is 0 Å². The molecule has 1 saturated heterocycles. The van der Waals surface area contributed by atoms with Gasteiger partial charge in [-0.25, -0.2) is 0 Å². The molecule has 1 fully saturated rings. The third-order valence-electron chi connectivity index (χ3n) is 9.70. The fourth-order valence-corrected chi connectivity index (χ4v) is 6.30. The maximum absolute atomic E-state index is 12.8. The lowest BCUT2D eigenvalue weighted by Crippen LogP contribution is -2.60. The number of hydrogen-bond donors (Lipinski definition) is 6. The van der Waals surface area contributed by atoms with E-state index in [0.717, 1.165) is 44.9 Å². The fourth-order valence-electron chi connectivity index (χ4n) is 6.30. The second-order valence-corrected chi connectivity index (χ2v) is 14.4. The Hall–Kier alpha value is -1.59. The Morgan fingerprint density at radius 2 is 1.12 bits per heavy atom. The molecule has 1 aliphatic rings. The zero-order valence-electron chi connectivity index (χ0n) is 32.4. The third-order valence-corrected chi connectivity index (χ3v) is 9.70. The molecule has 0 spiro atoms. The molecule has 0 aromatic carbocycles. The molecule has 0 radical (unpaired) electrons. The highest BCUT2D eigenvalue weighted by Crippen LogP contribution is 2.22. The first kappa shape index (κ1) is 47.4. The fraction of sp³-hybridized carbons (Fsp3) is 0.833. The lowest BCUT2D eigenvalue weighted by molar-refractivity contribution is -0.302. The van der Waals surface area contributed by atoms with E-state index >= 15 is 0 Å². The lowest BCUT2D eigenvalue weighted by atomic mass is 9.99. The number of unbranched alkanes of at least 4 members (excludes halogenated alkanes) is 19. The molecule has 9 heteroatoms. The summed E-state index contributed by atoms with van der Waals surface area (Å²) in [7, 11) is 0. The molecule has 6 N–H and O–H groups in total. The molecular formula is C42H77NO8. The van der Waals surface area contributed by atoms with Crippen molar-refractivity contribution >= 4 is 5.91 Å². The molecule has 1 heterocycles. The summed E-state index contributed by atoms with van der Waals surface area (Å²) in [6, 6.07) is -0.822. The molecule has 1 aliphatic heterocycles. The molecule has 0 bridgehead atoms. The standard InChI is InChI=1S/C42H77NO8/c1-3-5-7-9-11-13-14-15-16-17-18-19-20-21-22-24-25-27-29-31-36(45)35(34-50-42-41(49)40(48)39(47)37(33-44)51-42)43-38(46)32-30-28-26-23-12-10-8-6-4-2/h18-19,22,24,29,31,35-37,39-42,44-45,47-49H,3-17,20-21,23,25-28,30,32-34H2,1-2H3,(H,43,46)/b19-18+,24-22+,31-29+. The number of carbonyl (C=O) groups excluding carboxylic acids is 1. The summed E-state index contributed by atoms with van der Waals surface area (Å²) >= 11 is 0. The molecule has 1 rings (SSSR count). The van der Waals surface area contributed by atoms with Crippen molar-refractivity contribution in [2.24, 2.45) is 0 Å². The average molecular weight is 724 g/mol. The van der Waals surface area contributed by atoms with Gasteiger partial charge in [-0.1, -0.05) is 153 Å². The van der Waals surface area contributed by atoms with Gasteiger partial charge < -0.3 is 40.3 Å². The number of nitrogens with one attached hydrogen (secondary N) is 1. The Morgan fingerprint density at radius 1 is 0.647 bits per heavy atom. The van der Waals surface area contributed by atoms with Crippen molar-refractivity contribution in [1.29, 1.82) is 0 Å². The molecule has 51 heavy (non-hydrogen) atoms. The minimum atomic E-state index is -1.57. The number of allylic oxidation sites excluding steroid dienone is 5. The van der Waals surface area contributed by atoms with Gasteiger partial charge >= 0.3 is 0 Å². The van der Waals surface area contributed by atoms with Gasteiger partial charge in [0, 0.05) is 6.42 Å². The number of rotatable bonds is 33. The third kappa shape index (κ3) is 24.4. The number of aliphatic hydroxyl groups excluding tert-OH is 5. The number of amides is 1. The van der Waals surface area contributed by atoms with Gasteiger partial charge in [-0.15, -0.1) is 0 Å². The predicted molar refractivity (Wildman–Crippen MR) is 207 cm³/mol. The molecule has 0 aromatic heterocycles. The van der Waals surface area contributed by atoms with Crippen molar-refractivity contribution in [2.45, 2.75) is 211 Å². The summed E-state index contributed by atoms with van der Waals surface area (Å²) < 4.78 is 11.1. The summed E-state index contributed by atoms with van der Waals surface area (Å²) in [5, 5.41) is 53.9. The minimum Gasteiger partial charge on any atom is -0.394 e. The summed E-state index contributed by atoms with van der Waals surface area (Å²) in [6.45, 7) is 3.70. The van der Waals surface area contributed by atoms with Gasteiger partial charge in [0.2, 0.25) is 5.91 Å². The smallest absolute Gasteiger partial charge is 0.220 e. The predicted octanol–water partition coefficient (Wildman–Crippen LogP) is 7.72. The van der Waals surface area contributed by atoms with E-state index in [-0.39, 0.29) is 12.5 Å². The van der Waals surface area contributed by atoms with Crippen LogP contribution in [0, 0.1) is 0 Å². The Morgan fingerprint density at radius 3 is 1.65 bits per heavy atom. The van der Waals surface area contributed by atoms with E-state index in [4.69, 9.17) is 9.47 Å². The number of ether oxygens (including phenoxy) is 2. The van der Waals surface area contributed by atoms with Gasteiger partial charge in [-0.05, 0) is 44.9 Å². The topological polar surface area (TPSA) is 149 Å². The summed E-state index contributed by atoms with van der Waals surface area (Å²) in [4.78, 5) is 12.8. The van der Waals surface area contributed by atoms with Crippen LogP contribution in [-0.4, -0.2) is 87.5 Å². The van der Waals surface area contributed by atoms with E-state index in [9.17, 15) is 30.3 Å². The zero-order chi connectivity index (χ0) is 37.4. The van der Waals surface area contributed by atoms with Crippen LogP contribution in [0.4, 0.5) is 0 Å². The second kappa shape index (κ2) is 33.0. The first-order valence-electron chi connectivity index (χ1n) is 20.7. The quantitative estimate of drug-likeness (QED) is 0.0298. The highest BCUT2D eigenvalue weighted by Gasteiger charge is 2.44. The monoisotopic (exact) mass is 724 g/mol. The highest BCUT2D eigenvalue weighted by molar-refractivity contribution is 5.76. The van der Waals surface area contributed by atoms with Gasteiger partial charge in [-0.2, -0.15) is 0 Å². The van der Waals surface area contributed by atoms with Crippen LogP contribution in [0.15, 0.2) is 36.5 Å². The molecular weight excluding hydrogens is 646 g/mol. The molecule has 0 aromatic rings. The van der Waals surface area contributed by atoms with E-state index < -0.39 is 49.5 Å². The zero-order valence-corrected chi connectivity index (χ0v) is 32.4. The van der Waals surface area contributed by atoms with E-state index in [2.05, 4.69) is 43.5 Å². The summed E-state index contributed by atoms with van der Waals surface area (Å²) in [5.74, 6) is -0.196. The Kier molecular flexibility index (Phi) is 30.7. The molecule has 9 nitrogen and oxygen atoms in total. The number of carbonyl (C=O) groups is 1. The van der Waals surface area contributed by atoms with Gasteiger partial charge in [-0.3, -0.25) is 4.79 Å². The van der Waals surface area contributed by atoms with Crippen LogP contribution in [0.1, 0.15) is 168 Å². The van der Waals surface area contributed by atoms with Crippen molar-refractivity contribution < 1.29 is 39.8 Å². The Bertz CT molecular complexity index is 894. The maximum Gasteiger partial charge on any atom is 0.220 e. The van der Waals surface area contributed by atoms with Crippen LogP contribution in [0.25, 0.3) is 0 Å². The first-order chi connectivity index (χ1) is 24.8. The van der Waals surface area contributed by atoms with E-state index in [1.807, 2.05) is 6.08 Å². The first-order valence-corrected chi connectivity index (χ1v) is 20.7. The van der Waals surface area contributed by atoms with Crippen LogP contribution in [0.5, 0.6) is 0 Å². The maximum atomic E-state index is 12.8. The normalized spacial score (nSPS) is 22.4. The van der Waals surface area contributed by atoms with E-state index in [1.54, 1.807) is 6.08 Å². The number of aliphatic hydroxyl groups is 5. The molecule has 0 saturated carbocycles. The summed E-state index contributed by atoms with van der Waals surface area (Å²) in [5.41, 5.74) is 0. The largest absolute Gasteiger partial charge is 0.394 e. The van der Waals surface area contributed by atoms with E-state index in [0.29, 0.717) is 6.42 Å². The number of hydrogen-bond acceptors (Lipinski definition) is 8. The van der Waals surface area contributed by atoms with Crippen LogP contribution >= 0.6 is 0 Å². The van der Waals surface area contributed by atoms with Crippen LogP contribution in [-0.2, 0) is 14.3 Å². The Balaban J connectivity index is 2.43. The van der Waals surface area contributed by atoms with Gasteiger partial charge in [0.25, 0.3) is 0 Å². The molecule has 7 unspecified atom stereocenters. The summed E-state index contributed by atoms with van der Waals surface area (Å²) in [6.07, 6.45) is 32.0. The van der Waals surface area contributed by atoms with Crippen molar-refractivity contribution in [3.8, 4) is 0 Å². The highest BCUT2D eigenvalue weighted by atomic mass is 16.7. The van der Waals surface area contributed by atoms with Gasteiger partial charge in [0.05, 0.1) is 25.4 Å². The molecule has 0 aliphatic carbocycles. The van der Waals surface area contributed by atoms with Crippen LogP contribution in [0.3, 0.4) is 0 Å². The molecule has 298 valence electrons. The second-order valence-electron chi connectivity index (χ2n) is 14.4. The molecule has 7 atom stereocenters. The average Bonchev–Trinajstić information content (AvgIpc) is 3.13. The van der Waals surface area contributed by atoms with Crippen molar-refractivity contribution in [1.82, 2.24) is 5.32 Å². The van der Waals surface area contributed by atoms with Crippen molar-refractivity contribution in [3.63, 3.8) is 0 Å². The SMILES string of the molecule is CCCCCCCCCCC/C=C/CC/C=C/CC/C=C/C(O)C(COC1OC(CO)C(O)C(O)C1O)NC(=O)CCCCCCCCCCC.